The lowest BCUT2D eigenvalue weighted by Crippen LogP contribution is -2.45. The first kappa shape index (κ1) is 15.3. The SMILES string of the molecule is Cc1ccc2c(CNC3(CO)CCCC3)cc(=O)oc2c1C. The maximum Gasteiger partial charge on any atom is 0.336 e. The molecule has 1 saturated carbocycles. The summed E-state index contributed by atoms with van der Waals surface area (Å²) in [5, 5.41) is 14.2. The molecule has 22 heavy (non-hydrogen) atoms. The highest BCUT2D eigenvalue weighted by Crippen LogP contribution is 2.30. The Labute approximate surface area is 130 Å². The van der Waals surface area contributed by atoms with E-state index in [2.05, 4.69) is 11.4 Å². The van der Waals surface area contributed by atoms with Crippen molar-refractivity contribution in [3.8, 4) is 0 Å². The Hall–Kier alpha value is -1.65. The molecule has 0 spiro atoms. The van der Waals surface area contributed by atoms with Crippen molar-refractivity contribution in [2.45, 2.75) is 51.6 Å². The number of nitrogens with one attached hydrogen (secondary N) is 1. The van der Waals surface area contributed by atoms with Crippen molar-refractivity contribution in [2.75, 3.05) is 6.61 Å². The van der Waals surface area contributed by atoms with Crippen LogP contribution in [0.25, 0.3) is 11.0 Å². The standard InChI is InChI=1S/C18H23NO3/c1-12-5-6-15-14(9-16(21)22-17(15)13(12)2)10-19-18(11-20)7-3-4-8-18/h5-6,9,19-20H,3-4,7-8,10-11H2,1-2H3. The quantitative estimate of drug-likeness (QED) is 0.852. The van der Waals surface area contributed by atoms with Crippen LogP contribution in [0.1, 0.15) is 42.4 Å². The molecule has 0 radical (unpaired) electrons. The molecule has 1 heterocycles. The second kappa shape index (κ2) is 5.86. The van der Waals surface area contributed by atoms with E-state index in [9.17, 15) is 9.90 Å². The van der Waals surface area contributed by atoms with Gasteiger partial charge in [0.05, 0.1) is 6.61 Å². The van der Waals surface area contributed by atoms with Gasteiger partial charge in [0.1, 0.15) is 5.58 Å². The summed E-state index contributed by atoms with van der Waals surface area (Å²) >= 11 is 0. The van der Waals surface area contributed by atoms with E-state index >= 15 is 0 Å². The van der Waals surface area contributed by atoms with E-state index < -0.39 is 0 Å². The molecule has 0 amide bonds. The van der Waals surface area contributed by atoms with E-state index in [1.165, 1.54) is 0 Å². The van der Waals surface area contributed by atoms with Crippen molar-refractivity contribution in [3.05, 3.63) is 45.3 Å². The fourth-order valence-electron chi connectivity index (χ4n) is 3.40. The van der Waals surface area contributed by atoms with Crippen LogP contribution in [-0.4, -0.2) is 17.3 Å². The Bertz CT molecular complexity index is 742. The summed E-state index contributed by atoms with van der Waals surface area (Å²) < 4.78 is 5.40. The Kier molecular flexibility index (Phi) is 4.06. The highest BCUT2D eigenvalue weighted by atomic mass is 16.4. The van der Waals surface area contributed by atoms with Gasteiger partial charge < -0.3 is 14.8 Å². The van der Waals surface area contributed by atoms with Gasteiger partial charge in [-0.15, -0.1) is 0 Å². The van der Waals surface area contributed by atoms with E-state index in [4.69, 9.17) is 4.42 Å². The van der Waals surface area contributed by atoms with Crippen molar-refractivity contribution in [1.29, 1.82) is 0 Å². The Balaban J connectivity index is 1.97. The van der Waals surface area contributed by atoms with Crippen LogP contribution in [-0.2, 0) is 6.54 Å². The molecule has 118 valence electrons. The van der Waals surface area contributed by atoms with Crippen molar-refractivity contribution in [1.82, 2.24) is 5.32 Å². The minimum atomic E-state index is -0.317. The lowest BCUT2D eigenvalue weighted by Gasteiger charge is -2.28. The molecule has 1 aliphatic carbocycles. The summed E-state index contributed by atoms with van der Waals surface area (Å²) in [6.45, 7) is 4.71. The van der Waals surface area contributed by atoms with Gasteiger partial charge in [-0.1, -0.05) is 25.0 Å². The molecular weight excluding hydrogens is 278 g/mol. The fraction of sp³-hybridized carbons (Fsp3) is 0.500. The Morgan fingerprint density at radius 3 is 2.68 bits per heavy atom. The number of aryl methyl sites for hydroxylation is 2. The predicted molar refractivity (Wildman–Crippen MR) is 87.1 cm³/mol. The zero-order valence-corrected chi connectivity index (χ0v) is 13.2. The van der Waals surface area contributed by atoms with Crippen LogP contribution in [0, 0.1) is 13.8 Å². The molecule has 1 fully saturated rings. The molecule has 0 saturated heterocycles. The third-order valence-electron chi connectivity index (χ3n) is 5.03. The second-order valence-corrected chi connectivity index (χ2v) is 6.47. The van der Waals surface area contributed by atoms with E-state index in [0.717, 1.165) is 47.8 Å². The molecule has 2 N–H and O–H groups in total. The number of benzene rings is 1. The highest BCUT2D eigenvalue weighted by molar-refractivity contribution is 5.83. The maximum atomic E-state index is 11.9. The molecule has 1 aliphatic rings. The smallest absolute Gasteiger partial charge is 0.336 e. The van der Waals surface area contributed by atoms with Crippen molar-refractivity contribution in [2.24, 2.45) is 0 Å². The minimum Gasteiger partial charge on any atom is -0.422 e. The monoisotopic (exact) mass is 301 g/mol. The molecule has 4 nitrogen and oxygen atoms in total. The van der Waals surface area contributed by atoms with Crippen LogP contribution in [0.15, 0.2) is 27.4 Å². The number of rotatable bonds is 4. The highest BCUT2D eigenvalue weighted by Gasteiger charge is 2.32. The van der Waals surface area contributed by atoms with Crippen molar-refractivity contribution >= 4 is 11.0 Å². The minimum absolute atomic E-state index is 0.143. The van der Waals surface area contributed by atoms with Crippen LogP contribution >= 0.6 is 0 Å². The third kappa shape index (κ3) is 2.69. The van der Waals surface area contributed by atoms with E-state index in [0.29, 0.717) is 12.1 Å². The second-order valence-electron chi connectivity index (χ2n) is 6.47. The first-order valence-electron chi connectivity index (χ1n) is 7.93. The molecule has 3 rings (SSSR count). The van der Waals surface area contributed by atoms with E-state index in [1.807, 2.05) is 19.9 Å². The zero-order chi connectivity index (χ0) is 15.7. The average molecular weight is 301 g/mol. The van der Waals surface area contributed by atoms with Gasteiger partial charge >= 0.3 is 5.63 Å². The summed E-state index contributed by atoms with van der Waals surface area (Å²) in [6.07, 6.45) is 4.26. The summed E-state index contributed by atoms with van der Waals surface area (Å²) in [5.41, 5.74) is 3.23. The van der Waals surface area contributed by atoms with Gasteiger partial charge in [0, 0.05) is 23.5 Å². The lowest BCUT2D eigenvalue weighted by atomic mass is 9.97. The fourth-order valence-corrected chi connectivity index (χ4v) is 3.40. The number of hydrogen-bond donors (Lipinski definition) is 2. The first-order valence-corrected chi connectivity index (χ1v) is 7.93. The summed E-state index contributed by atoms with van der Waals surface area (Å²) in [6, 6.07) is 5.63. The number of hydrogen-bond acceptors (Lipinski definition) is 4. The molecule has 0 atom stereocenters. The summed E-state index contributed by atoms with van der Waals surface area (Å²) in [5.74, 6) is 0. The molecule has 1 aromatic carbocycles. The largest absolute Gasteiger partial charge is 0.422 e. The van der Waals surface area contributed by atoms with Gasteiger partial charge in [0.15, 0.2) is 0 Å². The van der Waals surface area contributed by atoms with Gasteiger partial charge in [0.25, 0.3) is 0 Å². The lowest BCUT2D eigenvalue weighted by molar-refractivity contribution is 0.163. The molecule has 0 bridgehead atoms. The molecule has 1 aromatic heterocycles. The number of fused-ring (bicyclic) bond motifs is 1. The maximum absolute atomic E-state index is 11.9. The molecule has 2 aromatic rings. The molecule has 4 heteroatoms. The Morgan fingerprint density at radius 1 is 1.27 bits per heavy atom. The van der Waals surface area contributed by atoms with Crippen LogP contribution in [0.4, 0.5) is 0 Å². The summed E-state index contributed by atoms with van der Waals surface area (Å²) in [7, 11) is 0. The van der Waals surface area contributed by atoms with Gasteiger partial charge in [-0.05, 0) is 43.4 Å². The topological polar surface area (TPSA) is 62.5 Å². The van der Waals surface area contributed by atoms with Crippen LogP contribution in [0.2, 0.25) is 0 Å². The molecule has 0 unspecified atom stereocenters. The third-order valence-corrected chi connectivity index (χ3v) is 5.03. The van der Waals surface area contributed by atoms with Crippen LogP contribution < -0.4 is 10.9 Å². The zero-order valence-electron chi connectivity index (χ0n) is 13.2. The van der Waals surface area contributed by atoms with E-state index in [1.54, 1.807) is 6.07 Å². The normalized spacial score (nSPS) is 17.2. The van der Waals surface area contributed by atoms with E-state index in [-0.39, 0.29) is 17.8 Å². The summed E-state index contributed by atoms with van der Waals surface area (Å²) in [4.78, 5) is 11.9. The first-order chi connectivity index (χ1) is 10.5. The van der Waals surface area contributed by atoms with Crippen molar-refractivity contribution < 1.29 is 9.52 Å². The number of aliphatic hydroxyl groups is 1. The van der Waals surface area contributed by atoms with Gasteiger partial charge in [-0.3, -0.25) is 0 Å². The molecular formula is C18H23NO3. The molecule has 0 aliphatic heterocycles. The Morgan fingerprint density at radius 2 is 2.00 bits per heavy atom. The van der Waals surface area contributed by atoms with Crippen LogP contribution in [0.5, 0.6) is 0 Å². The predicted octanol–water partition coefficient (Wildman–Crippen LogP) is 2.80. The van der Waals surface area contributed by atoms with Crippen molar-refractivity contribution in [3.63, 3.8) is 0 Å². The van der Waals surface area contributed by atoms with Gasteiger partial charge in [-0.25, -0.2) is 4.79 Å². The van der Waals surface area contributed by atoms with Gasteiger partial charge in [0.2, 0.25) is 0 Å². The van der Waals surface area contributed by atoms with Gasteiger partial charge in [-0.2, -0.15) is 0 Å². The number of aliphatic hydroxyl groups excluding tert-OH is 1. The average Bonchev–Trinajstić information content (AvgIpc) is 2.98. The van der Waals surface area contributed by atoms with Crippen LogP contribution in [0.3, 0.4) is 0 Å².